The number of hydrogen-bond acceptors (Lipinski definition) is 4. The molecule has 5 rings (SSSR count). The van der Waals surface area contributed by atoms with Gasteiger partial charge in [0.25, 0.3) is 5.92 Å². The van der Waals surface area contributed by atoms with Gasteiger partial charge in [0, 0.05) is 69.3 Å². The molecule has 2 amide bonds. The first-order chi connectivity index (χ1) is 16.3. The average Bonchev–Trinajstić information content (AvgIpc) is 3.51. The number of carbonyl (C=O) groups is 1. The van der Waals surface area contributed by atoms with E-state index < -0.39 is 18.1 Å². The molecular weight excluding hydrogens is 438 g/mol. The first-order valence-electron chi connectivity index (χ1n) is 12.9. The first-order valence-corrected chi connectivity index (χ1v) is 12.9. The quantitative estimate of drug-likeness (QED) is 0.702. The van der Waals surface area contributed by atoms with E-state index >= 15 is 0 Å². The maximum atomic E-state index is 15.0. The van der Waals surface area contributed by atoms with Crippen LogP contribution in [0.2, 0.25) is 0 Å². The van der Waals surface area contributed by atoms with E-state index in [-0.39, 0.29) is 18.6 Å². The molecule has 3 heterocycles. The Balaban J connectivity index is 1.18. The highest BCUT2D eigenvalue weighted by atomic mass is 19.3. The third kappa shape index (κ3) is 4.89. The van der Waals surface area contributed by atoms with Crippen LogP contribution < -0.4 is 10.2 Å². The summed E-state index contributed by atoms with van der Waals surface area (Å²) in [5.41, 5.74) is 1.21. The van der Waals surface area contributed by atoms with Crippen LogP contribution in [0.1, 0.15) is 39.5 Å². The largest absolute Gasteiger partial charge is 0.371 e. The number of amides is 2. The first kappa shape index (κ1) is 23.8. The molecule has 188 valence electrons. The van der Waals surface area contributed by atoms with Gasteiger partial charge in [0.2, 0.25) is 0 Å². The van der Waals surface area contributed by atoms with E-state index in [4.69, 9.17) is 4.74 Å². The molecule has 0 spiro atoms. The van der Waals surface area contributed by atoms with E-state index in [1.165, 1.54) is 5.69 Å². The van der Waals surface area contributed by atoms with Gasteiger partial charge in [-0.3, -0.25) is 4.90 Å². The zero-order chi connectivity index (χ0) is 23.9. The lowest BCUT2D eigenvalue weighted by Crippen LogP contribution is -2.60. The molecule has 3 aliphatic heterocycles. The highest BCUT2D eigenvalue weighted by Gasteiger charge is 2.50. The van der Waals surface area contributed by atoms with E-state index in [1.807, 2.05) is 18.2 Å². The number of alkyl halides is 2. The number of fused-ring (bicyclic) bond motifs is 1. The van der Waals surface area contributed by atoms with Gasteiger partial charge in [-0.05, 0) is 45.2 Å². The minimum atomic E-state index is -2.95. The van der Waals surface area contributed by atoms with Crippen LogP contribution in [0.4, 0.5) is 19.3 Å². The number of likely N-dealkylation sites (tertiary alicyclic amines) is 2. The molecule has 1 aromatic carbocycles. The van der Waals surface area contributed by atoms with Gasteiger partial charge in [-0.15, -0.1) is 0 Å². The summed E-state index contributed by atoms with van der Waals surface area (Å²) < 4.78 is 36.2. The van der Waals surface area contributed by atoms with E-state index in [1.54, 1.807) is 4.90 Å². The number of nitrogens with zero attached hydrogens (tertiary/aromatic N) is 3. The second-order valence-corrected chi connectivity index (χ2v) is 10.9. The number of anilines is 1. The van der Waals surface area contributed by atoms with Crippen molar-refractivity contribution in [2.24, 2.45) is 11.8 Å². The van der Waals surface area contributed by atoms with Crippen LogP contribution in [-0.4, -0.2) is 85.3 Å². The van der Waals surface area contributed by atoms with Crippen molar-refractivity contribution in [2.75, 3.05) is 44.2 Å². The number of nitrogens with one attached hydrogen (secondary N) is 1. The second-order valence-electron chi connectivity index (χ2n) is 10.9. The molecule has 4 aliphatic rings. The number of hydrogen-bond donors (Lipinski definition) is 1. The Morgan fingerprint density at radius 2 is 1.76 bits per heavy atom. The Hall–Kier alpha value is -1.93. The summed E-state index contributed by atoms with van der Waals surface area (Å²) in [5.74, 6) is -2.19. The summed E-state index contributed by atoms with van der Waals surface area (Å²) in [6.07, 6.45) is 0.965. The Bertz CT molecular complexity index is 840. The SMILES string of the molecule is CC(C)N1CC[C@H](O[C@H]2CCCC(F)(F)[C@@H]2NC(=O)N2C[C@@H]3CN(c4ccccc4)C[C@@H]3C2)C1. The molecule has 0 unspecified atom stereocenters. The lowest BCUT2D eigenvalue weighted by Gasteiger charge is -2.40. The van der Waals surface area contributed by atoms with Gasteiger partial charge in [-0.25, -0.2) is 13.6 Å². The van der Waals surface area contributed by atoms with Gasteiger partial charge in [0.15, 0.2) is 0 Å². The maximum absolute atomic E-state index is 15.0. The van der Waals surface area contributed by atoms with Crippen LogP contribution in [0.5, 0.6) is 0 Å². The van der Waals surface area contributed by atoms with Crippen molar-refractivity contribution >= 4 is 11.7 Å². The van der Waals surface area contributed by atoms with Gasteiger partial charge >= 0.3 is 6.03 Å². The maximum Gasteiger partial charge on any atom is 0.317 e. The molecule has 1 saturated carbocycles. The zero-order valence-electron chi connectivity index (χ0n) is 20.3. The van der Waals surface area contributed by atoms with Crippen LogP contribution in [-0.2, 0) is 4.74 Å². The standard InChI is InChI=1S/C26H38F2N4O2/c1-18(2)30-12-10-22(17-30)34-23-9-6-11-26(27,28)24(23)29-25(33)32-15-19-13-31(14-20(19)16-32)21-7-4-3-5-8-21/h3-5,7-8,18-20,22-24H,6,9-17H2,1-2H3,(H,29,33)/t19-,20+,22-,23-,24+/m0/s1. The molecule has 8 heteroatoms. The third-order valence-corrected chi connectivity index (χ3v) is 8.27. The summed E-state index contributed by atoms with van der Waals surface area (Å²) in [6, 6.07) is 9.11. The lowest BCUT2D eigenvalue weighted by atomic mass is 9.88. The fourth-order valence-corrected chi connectivity index (χ4v) is 6.29. The third-order valence-electron chi connectivity index (χ3n) is 8.27. The molecule has 3 saturated heterocycles. The van der Waals surface area contributed by atoms with Crippen LogP contribution in [0.3, 0.4) is 0 Å². The number of rotatable bonds is 5. The molecule has 6 nitrogen and oxygen atoms in total. The molecule has 1 N–H and O–H groups in total. The van der Waals surface area contributed by atoms with Crippen molar-refractivity contribution in [3.05, 3.63) is 30.3 Å². The second kappa shape index (κ2) is 9.61. The van der Waals surface area contributed by atoms with Crippen LogP contribution >= 0.6 is 0 Å². The molecule has 0 radical (unpaired) electrons. The molecular formula is C26H38F2N4O2. The Kier molecular flexibility index (Phi) is 6.73. The van der Waals surface area contributed by atoms with Crippen molar-refractivity contribution in [2.45, 2.75) is 69.7 Å². The van der Waals surface area contributed by atoms with E-state index in [0.717, 1.165) is 32.6 Å². The number of benzene rings is 1. The predicted molar refractivity (Wildman–Crippen MR) is 128 cm³/mol. The zero-order valence-corrected chi connectivity index (χ0v) is 20.3. The molecule has 1 aromatic rings. The van der Waals surface area contributed by atoms with Crippen molar-refractivity contribution in [3.8, 4) is 0 Å². The fourth-order valence-electron chi connectivity index (χ4n) is 6.29. The van der Waals surface area contributed by atoms with Gasteiger partial charge in [-0.2, -0.15) is 0 Å². The Morgan fingerprint density at radius 3 is 2.41 bits per heavy atom. The molecule has 4 fully saturated rings. The summed E-state index contributed by atoms with van der Waals surface area (Å²) in [5, 5.41) is 2.73. The van der Waals surface area contributed by atoms with Crippen molar-refractivity contribution < 1.29 is 18.3 Å². The normalized spacial score (nSPS) is 33.5. The lowest BCUT2D eigenvalue weighted by molar-refractivity contribution is -0.138. The van der Waals surface area contributed by atoms with Gasteiger partial charge < -0.3 is 19.9 Å². The molecule has 5 atom stereocenters. The average molecular weight is 477 g/mol. The number of para-hydroxylation sites is 1. The topological polar surface area (TPSA) is 48.1 Å². The minimum Gasteiger partial charge on any atom is -0.371 e. The number of carbonyl (C=O) groups excluding carboxylic acids is 1. The Morgan fingerprint density at radius 1 is 1.06 bits per heavy atom. The predicted octanol–water partition coefficient (Wildman–Crippen LogP) is 3.82. The van der Waals surface area contributed by atoms with Gasteiger partial charge in [0.1, 0.15) is 6.04 Å². The van der Waals surface area contributed by atoms with Gasteiger partial charge in [-0.1, -0.05) is 18.2 Å². The number of ether oxygens (including phenoxy) is 1. The number of urea groups is 1. The molecule has 0 aromatic heterocycles. The van der Waals surface area contributed by atoms with E-state index in [9.17, 15) is 13.6 Å². The molecule has 0 bridgehead atoms. The van der Waals surface area contributed by atoms with E-state index in [0.29, 0.717) is 43.8 Å². The number of halogens is 2. The fraction of sp³-hybridized carbons (Fsp3) is 0.731. The van der Waals surface area contributed by atoms with Crippen LogP contribution in [0.15, 0.2) is 30.3 Å². The van der Waals surface area contributed by atoms with Crippen molar-refractivity contribution in [1.29, 1.82) is 0 Å². The summed E-state index contributed by atoms with van der Waals surface area (Å²) in [6.45, 7) is 9.03. The summed E-state index contributed by atoms with van der Waals surface area (Å²) in [7, 11) is 0. The van der Waals surface area contributed by atoms with Crippen molar-refractivity contribution in [3.63, 3.8) is 0 Å². The smallest absolute Gasteiger partial charge is 0.317 e. The minimum absolute atomic E-state index is 0.0455. The van der Waals surface area contributed by atoms with Crippen molar-refractivity contribution in [1.82, 2.24) is 15.1 Å². The monoisotopic (exact) mass is 476 g/mol. The molecule has 1 aliphatic carbocycles. The summed E-state index contributed by atoms with van der Waals surface area (Å²) >= 11 is 0. The van der Waals surface area contributed by atoms with Crippen LogP contribution in [0, 0.1) is 11.8 Å². The highest BCUT2D eigenvalue weighted by molar-refractivity contribution is 5.75. The van der Waals surface area contributed by atoms with Crippen LogP contribution in [0.25, 0.3) is 0 Å². The van der Waals surface area contributed by atoms with E-state index in [2.05, 4.69) is 41.1 Å². The van der Waals surface area contributed by atoms with Gasteiger partial charge in [0.05, 0.1) is 12.2 Å². The highest BCUT2D eigenvalue weighted by Crippen LogP contribution is 2.38. The molecule has 34 heavy (non-hydrogen) atoms. The summed E-state index contributed by atoms with van der Waals surface area (Å²) in [4.78, 5) is 19.5. The Labute approximate surface area is 201 Å².